The molecule has 1 amide bonds. The third-order valence-electron chi connectivity index (χ3n) is 5.45. The Labute approximate surface area is 172 Å². The van der Waals surface area contributed by atoms with Gasteiger partial charge in [-0.15, -0.1) is 0 Å². The van der Waals surface area contributed by atoms with Crippen molar-refractivity contribution in [1.29, 1.82) is 0 Å². The minimum atomic E-state index is -0.0870. The lowest BCUT2D eigenvalue weighted by Gasteiger charge is -2.29. The summed E-state index contributed by atoms with van der Waals surface area (Å²) in [7, 11) is 0. The maximum absolute atomic E-state index is 12.8. The van der Waals surface area contributed by atoms with Crippen molar-refractivity contribution < 1.29 is 4.79 Å². The standard InChI is InChI=1S/C24H28N4O/c1-18-14-19(2)28(26-18)17-20-8-6-9-21(15-20)24(29)25-22-10-7-11-23(16-22)27-12-4-3-5-13-27/h6-11,14-16H,3-5,12-13,17H2,1-2H3,(H,25,29). The first-order valence-corrected chi connectivity index (χ1v) is 10.3. The van der Waals surface area contributed by atoms with E-state index in [0.717, 1.165) is 35.7 Å². The molecule has 1 saturated heterocycles. The molecule has 1 N–H and O–H groups in total. The molecule has 4 rings (SSSR count). The van der Waals surface area contributed by atoms with E-state index < -0.39 is 0 Å². The summed E-state index contributed by atoms with van der Waals surface area (Å²) in [6.07, 6.45) is 3.78. The monoisotopic (exact) mass is 388 g/mol. The Morgan fingerprint density at radius 2 is 1.79 bits per heavy atom. The number of anilines is 2. The summed E-state index contributed by atoms with van der Waals surface area (Å²) in [5.41, 5.74) is 5.86. The normalized spacial score (nSPS) is 14.1. The van der Waals surface area contributed by atoms with E-state index in [4.69, 9.17) is 0 Å². The molecule has 1 aromatic heterocycles. The number of nitrogens with one attached hydrogen (secondary N) is 1. The van der Waals surface area contributed by atoms with Gasteiger partial charge in [0.15, 0.2) is 0 Å². The molecule has 3 aromatic rings. The summed E-state index contributed by atoms with van der Waals surface area (Å²) >= 11 is 0. The van der Waals surface area contributed by atoms with E-state index in [0.29, 0.717) is 12.1 Å². The van der Waals surface area contributed by atoms with Gasteiger partial charge in [0.05, 0.1) is 12.2 Å². The van der Waals surface area contributed by atoms with Crippen LogP contribution in [0.25, 0.3) is 0 Å². The van der Waals surface area contributed by atoms with Crippen LogP contribution in [-0.2, 0) is 6.54 Å². The van der Waals surface area contributed by atoms with Gasteiger partial charge in [-0.3, -0.25) is 9.48 Å². The Kier molecular flexibility index (Phi) is 5.65. The second kappa shape index (κ2) is 8.52. The summed E-state index contributed by atoms with van der Waals surface area (Å²) in [6.45, 7) is 6.88. The second-order valence-electron chi connectivity index (χ2n) is 7.84. The number of aromatic nitrogens is 2. The first-order chi connectivity index (χ1) is 14.1. The van der Waals surface area contributed by atoms with Crippen LogP contribution < -0.4 is 10.2 Å². The van der Waals surface area contributed by atoms with E-state index >= 15 is 0 Å². The number of piperidine rings is 1. The van der Waals surface area contributed by atoms with E-state index in [2.05, 4.69) is 33.5 Å². The second-order valence-corrected chi connectivity index (χ2v) is 7.84. The topological polar surface area (TPSA) is 50.2 Å². The van der Waals surface area contributed by atoms with E-state index in [1.165, 1.54) is 24.9 Å². The highest BCUT2D eigenvalue weighted by Gasteiger charge is 2.13. The van der Waals surface area contributed by atoms with Crippen LogP contribution in [0.1, 0.15) is 46.6 Å². The highest BCUT2D eigenvalue weighted by atomic mass is 16.1. The van der Waals surface area contributed by atoms with Crippen molar-refractivity contribution >= 4 is 17.3 Å². The van der Waals surface area contributed by atoms with Crippen molar-refractivity contribution in [3.05, 3.63) is 77.1 Å². The zero-order chi connectivity index (χ0) is 20.2. The molecule has 1 fully saturated rings. The molecule has 5 nitrogen and oxygen atoms in total. The maximum atomic E-state index is 12.8. The van der Waals surface area contributed by atoms with E-state index in [1.54, 1.807) is 0 Å². The van der Waals surface area contributed by atoms with Crippen LogP contribution in [-0.4, -0.2) is 28.8 Å². The Balaban J connectivity index is 1.46. The quantitative estimate of drug-likeness (QED) is 0.684. The molecule has 0 saturated carbocycles. The summed E-state index contributed by atoms with van der Waals surface area (Å²) < 4.78 is 1.97. The SMILES string of the molecule is Cc1cc(C)n(Cc2cccc(C(=O)Nc3cccc(N4CCCCC4)c3)c2)n1. The predicted octanol–water partition coefficient (Wildman–Crippen LogP) is 4.79. The average molecular weight is 389 g/mol. The van der Waals surface area contributed by atoms with Crippen LogP contribution in [0.2, 0.25) is 0 Å². The Hall–Kier alpha value is -3.08. The first-order valence-electron chi connectivity index (χ1n) is 10.3. The number of hydrogen-bond acceptors (Lipinski definition) is 3. The molecule has 0 spiro atoms. The van der Waals surface area contributed by atoms with Gasteiger partial charge in [-0.25, -0.2) is 0 Å². The zero-order valence-corrected chi connectivity index (χ0v) is 17.2. The first kappa shape index (κ1) is 19.2. The van der Waals surface area contributed by atoms with Gasteiger partial charge >= 0.3 is 0 Å². The molecule has 0 radical (unpaired) electrons. The van der Waals surface area contributed by atoms with Crippen LogP contribution in [0.4, 0.5) is 11.4 Å². The van der Waals surface area contributed by atoms with E-state index in [9.17, 15) is 4.79 Å². The lowest BCUT2D eigenvalue weighted by Crippen LogP contribution is -2.29. The van der Waals surface area contributed by atoms with Crippen LogP contribution in [0.15, 0.2) is 54.6 Å². The van der Waals surface area contributed by atoms with Crippen LogP contribution >= 0.6 is 0 Å². The third-order valence-corrected chi connectivity index (χ3v) is 5.45. The number of amides is 1. The molecular formula is C24H28N4O. The molecule has 0 unspecified atom stereocenters. The van der Waals surface area contributed by atoms with Gasteiger partial charge in [-0.2, -0.15) is 5.10 Å². The summed E-state index contributed by atoms with van der Waals surface area (Å²) in [4.78, 5) is 15.2. The van der Waals surface area contributed by atoms with Crippen molar-refractivity contribution in [3.8, 4) is 0 Å². The number of aryl methyl sites for hydroxylation is 2. The Morgan fingerprint density at radius 1 is 1.00 bits per heavy atom. The highest BCUT2D eigenvalue weighted by molar-refractivity contribution is 6.04. The molecule has 1 aliphatic heterocycles. The van der Waals surface area contributed by atoms with Crippen molar-refractivity contribution in [2.75, 3.05) is 23.3 Å². The number of hydrogen-bond donors (Lipinski definition) is 1. The average Bonchev–Trinajstić information content (AvgIpc) is 3.05. The number of rotatable bonds is 5. The Morgan fingerprint density at radius 3 is 2.55 bits per heavy atom. The van der Waals surface area contributed by atoms with Gasteiger partial charge in [-0.1, -0.05) is 18.2 Å². The largest absolute Gasteiger partial charge is 0.371 e. The predicted molar refractivity (Wildman–Crippen MR) is 118 cm³/mol. The van der Waals surface area contributed by atoms with Gasteiger partial charge < -0.3 is 10.2 Å². The molecule has 0 bridgehead atoms. The molecule has 0 aliphatic carbocycles. The minimum absolute atomic E-state index is 0.0870. The lowest BCUT2D eigenvalue weighted by atomic mass is 10.1. The smallest absolute Gasteiger partial charge is 0.255 e. The van der Waals surface area contributed by atoms with Gasteiger partial charge in [0, 0.05) is 35.7 Å². The number of nitrogens with zero attached hydrogens (tertiary/aromatic N) is 3. The fourth-order valence-electron chi connectivity index (χ4n) is 3.95. The van der Waals surface area contributed by atoms with Crippen molar-refractivity contribution in [2.45, 2.75) is 39.7 Å². The highest BCUT2D eigenvalue weighted by Crippen LogP contribution is 2.23. The number of carbonyl (C=O) groups is 1. The molecule has 0 atom stereocenters. The number of benzene rings is 2. The molecule has 29 heavy (non-hydrogen) atoms. The third kappa shape index (κ3) is 4.67. The molecule has 2 aromatic carbocycles. The van der Waals surface area contributed by atoms with Gasteiger partial charge in [0.2, 0.25) is 0 Å². The van der Waals surface area contributed by atoms with Gasteiger partial charge in [0.1, 0.15) is 0 Å². The fraction of sp³-hybridized carbons (Fsp3) is 0.333. The summed E-state index contributed by atoms with van der Waals surface area (Å²) in [5, 5.41) is 7.57. The van der Waals surface area contributed by atoms with Gasteiger partial charge in [0.25, 0.3) is 5.91 Å². The maximum Gasteiger partial charge on any atom is 0.255 e. The van der Waals surface area contributed by atoms with Crippen LogP contribution in [0, 0.1) is 13.8 Å². The summed E-state index contributed by atoms with van der Waals surface area (Å²) in [6, 6.07) is 18.0. The molecule has 150 valence electrons. The number of carbonyl (C=O) groups excluding carboxylic acids is 1. The van der Waals surface area contributed by atoms with Crippen molar-refractivity contribution in [3.63, 3.8) is 0 Å². The zero-order valence-electron chi connectivity index (χ0n) is 17.2. The van der Waals surface area contributed by atoms with E-state index in [1.807, 2.05) is 54.9 Å². The minimum Gasteiger partial charge on any atom is -0.371 e. The molecule has 1 aliphatic rings. The van der Waals surface area contributed by atoms with Crippen LogP contribution in [0.5, 0.6) is 0 Å². The summed E-state index contributed by atoms with van der Waals surface area (Å²) in [5.74, 6) is -0.0870. The van der Waals surface area contributed by atoms with Gasteiger partial charge in [-0.05, 0) is 75.1 Å². The van der Waals surface area contributed by atoms with E-state index in [-0.39, 0.29) is 5.91 Å². The molecular weight excluding hydrogens is 360 g/mol. The Bertz CT molecular complexity index is 1000. The van der Waals surface area contributed by atoms with Crippen molar-refractivity contribution in [1.82, 2.24) is 9.78 Å². The fourth-order valence-corrected chi connectivity index (χ4v) is 3.95. The molecule has 2 heterocycles. The van der Waals surface area contributed by atoms with Crippen molar-refractivity contribution in [2.24, 2.45) is 0 Å². The lowest BCUT2D eigenvalue weighted by molar-refractivity contribution is 0.102. The molecule has 5 heteroatoms. The van der Waals surface area contributed by atoms with Crippen LogP contribution in [0.3, 0.4) is 0 Å².